The number of carbonyl (C=O) groups excluding carboxylic acids is 11. The predicted octanol–water partition coefficient (Wildman–Crippen LogP) is -0.979. The van der Waals surface area contributed by atoms with Crippen molar-refractivity contribution in [2.24, 2.45) is 29.0 Å². The fourth-order valence-corrected chi connectivity index (χ4v) is 10.6. The number of phenols is 1. The van der Waals surface area contributed by atoms with E-state index in [2.05, 4.69) is 67.8 Å². The van der Waals surface area contributed by atoms with E-state index in [1.165, 1.54) is 34.1 Å². The molecule has 2 heterocycles. The fraction of sp³-hybridized carbons (Fsp3) is 0.586. The van der Waals surface area contributed by atoms with Crippen LogP contribution in [0.4, 0.5) is 4.79 Å². The third kappa shape index (κ3) is 22.9. The molecule has 87 heavy (non-hydrogen) atoms. The standard InChI is InChI=1S/C58H87N13O14S2/c1-5-33(4)47(54(80)66-40(27-32(2)3)51(77)68-43(31-87)57(83)84)69-53(79)44-16-9-10-25-70(44)56(82)45-17-12-26-71(45)55(81)42(29-34-13-7-6-8-14-34)67-52(78)41(28-35-18-20-36(72)21-19-35)65-50(76)39(22-23-46(60)73)64-49(75)38(15-11-24-62-58(61)85)63-48(74)37(59)30-86/h6-8,13-14,18-21,32-33,37-45,47,72,86-87H,5,9-12,15-17,22-31,59H2,1-4H3,(H2,60,73)(H,63,74)(H,64,75)(H,65,76)(H,66,80)(H,67,78)(H,68,77)(H,69,79)(H,83,84)(H3,61,62,85)/t33-,37-,38-,39-,40-,41-,42-,43-,44-,45-,47-/m0/s1. The highest BCUT2D eigenvalue weighted by Gasteiger charge is 2.44. The molecular weight excluding hydrogens is 1170 g/mol. The van der Waals surface area contributed by atoms with Gasteiger partial charge in [-0.25, -0.2) is 9.59 Å². The highest BCUT2D eigenvalue weighted by atomic mass is 32.1. The van der Waals surface area contributed by atoms with E-state index < -0.39 is 144 Å². The minimum atomic E-state index is -1.56. The maximum Gasteiger partial charge on any atom is 0.327 e. The summed E-state index contributed by atoms with van der Waals surface area (Å²) in [6.45, 7) is 7.45. The highest BCUT2D eigenvalue weighted by Crippen LogP contribution is 2.27. The second-order valence-corrected chi connectivity index (χ2v) is 23.1. The molecule has 2 saturated heterocycles. The highest BCUT2D eigenvalue weighted by molar-refractivity contribution is 7.80. The van der Waals surface area contributed by atoms with Crippen LogP contribution in [0.5, 0.6) is 5.75 Å². The van der Waals surface area contributed by atoms with Gasteiger partial charge < -0.3 is 79.7 Å². The third-order valence-electron chi connectivity index (χ3n) is 15.2. The van der Waals surface area contributed by atoms with Crippen LogP contribution in [-0.4, -0.2) is 183 Å². The van der Waals surface area contributed by atoms with Crippen molar-refractivity contribution < 1.29 is 67.7 Å². The number of hydrogen-bond acceptors (Lipinski definition) is 16. The van der Waals surface area contributed by atoms with Crippen LogP contribution in [0.2, 0.25) is 0 Å². The van der Waals surface area contributed by atoms with Gasteiger partial charge in [-0.1, -0.05) is 76.6 Å². The number of nitrogens with two attached hydrogens (primary N) is 3. The van der Waals surface area contributed by atoms with Crippen LogP contribution in [0, 0.1) is 11.8 Å². The number of aromatic hydroxyl groups is 1. The Kier molecular flexibility index (Phi) is 29.6. The van der Waals surface area contributed by atoms with Crippen LogP contribution in [-0.2, 0) is 65.6 Å². The summed E-state index contributed by atoms with van der Waals surface area (Å²) in [6.07, 6.45) is 1.34. The van der Waals surface area contributed by atoms with Gasteiger partial charge in [0.2, 0.25) is 59.1 Å². The average Bonchev–Trinajstić information content (AvgIpc) is 3.04. The Hall–Kier alpha value is -7.66. The molecule has 0 unspecified atom stereocenters. The Bertz CT molecular complexity index is 2710. The van der Waals surface area contributed by atoms with E-state index in [9.17, 15) is 63.0 Å². The van der Waals surface area contributed by atoms with Gasteiger partial charge in [-0.05, 0) is 92.9 Å². The largest absolute Gasteiger partial charge is 0.508 e. The number of rotatable bonds is 34. The van der Waals surface area contributed by atoms with E-state index in [1.54, 1.807) is 37.3 Å². The molecule has 4 rings (SSSR count). The van der Waals surface area contributed by atoms with Crippen LogP contribution < -0.4 is 59.7 Å². The Labute approximate surface area is 517 Å². The Morgan fingerprint density at radius 1 is 0.609 bits per heavy atom. The van der Waals surface area contributed by atoms with Gasteiger partial charge in [-0.2, -0.15) is 25.3 Å². The number of nitrogens with zero attached hydrogens (tertiary/aromatic N) is 2. The number of primary amides is 2. The molecule has 2 aromatic rings. The van der Waals surface area contributed by atoms with Crippen LogP contribution in [0.3, 0.4) is 0 Å². The summed E-state index contributed by atoms with van der Waals surface area (Å²) >= 11 is 8.09. The molecule has 2 fully saturated rings. The zero-order valence-corrected chi connectivity index (χ0v) is 51.5. The quantitative estimate of drug-likeness (QED) is 0.0296. The molecule has 27 nitrogen and oxygen atoms in total. The summed E-state index contributed by atoms with van der Waals surface area (Å²) < 4.78 is 0. The molecule has 0 radical (unpaired) electrons. The molecule has 11 atom stereocenters. The summed E-state index contributed by atoms with van der Waals surface area (Å²) in [5.41, 5.74) is 17.6. The van der Waals surface area contributed by atoms with Crippen LogP contribution in [0.1, 0.15) is 109 Å². The van der Waals surface area contributed by atoms with E-state index >= 15 is 4.79 Å². The first-order valence-electron chi connectivity index (χ1n) is 29.4. The molecule has 29 heteroatoms. The predicted molar refractivity (Wildman–Crippen MR) is 327 cm³/mol. The molecule has 2 aliphatic rings. The van der Waals surface area contributed by atoms with Crippen LogP contribution in [0.15, 0.2) is 54.6 Å². The first kappa shape index (κ1) is 71.8. The minimum Gasteiger partial charge on any atom is -0.508 e. The minimum absolute atomic E-state index is 0.0134. The Balaban J connectivity index is 1.65. The summed E-state index contributed by atoms with van der Waals surface area (Å²) in [4.78, 5) is 166. The fourth-order valence-electron chi connectivity index (χ4n) is 10.2. The lowest BCUT2D eigenvalue weighted by Gasteiger charge is -2.39. The van der Waals surface area contributed by atoms with E-state index in [4.69, 9.17) is 17.2 Å². The molecule has 2 aliphatic heterocycles. The number of phenolic OH excluding ortho intramolecular Hbond substituents is 1. The number of likely N-dealkylation sites (tertiary alicyclic amines) is 2. The summed E-state index contributed by atoms with van der Waals surface area (Å²) in [6, 6.07) is 0.839. The number of piperidine rings is 1. The molecule has 0 aliphatic carbocycles. The van der Waals surface area contributed by atoms with Gasteiger partial charge in [-0.15, -0.1) is 0 Å². The average molecular weight is 1250 g/mol. The number of amides is 12. The van der Waals surface area contributed by atoms with Crippen molar-refractivity contribution in [1.82, 2.24) is 52.3 Å². The smallest absolute Gasteiger partial charge is 0.327 e. The molecule has 0 bridgehead atoms. The van der Waals surface area contributed by atoms with Crippen molar-refractivity contribution in [2.45, 2.75) is 172 Å². The van der Waals surface area contributed by atoms with E-state index in [0.717, 1.165) is 0 Å². The van der Waals surface area contributed by atoms with Crippen molar-refractivity contribution in [3.63, 3.8) is 0 Å². The molecule has 16 N–H and O–H groups in total. The second-order valence-electron chi connectivity index (χ2n) is 22.4. The van der Waals surface area contributed by atoms with Gasteiger partial charge in [0.1, 0.15) is 60.1 Å². The van der Waals surface area contributed by atoms with Gasteiger partial charge in [0.15, 0.2) is 0 Å². The normalized spacial score (nSPS) is 17.9. The number of aliphatic carboxylic acids is 1. The number of hydrogen-bond donors (Lipinski definition) is 15. The summed E-state index contributed by atoms with van der Waals surface area (Å²) in [5.74, 6) is -9.85. The first-order valence-corrected chi connectivity index (χ1v) is 30.6. The maximum atomic E-state index is 15.2. The molecule has 0 spiro atoms. The number of nitrogens with one attached hydrogen (secondary N) is 8. The lowest BCUT2D eigenvalue weighted by molar-refractivity contribution is -0.151. The van der Waals surface area contributed by atoms with E-state index in [1.807, 2.05) is 20.8 Å². The molecular formula is C58H87N13O14S2. The van der Waals surface area contributed by atoms with Gasteiger partial charge in [0, 0.05) is 50.4 Å². The van der Waals surface area contributed by atoms with Gasteiger partial charge in [0.25, 0.3) is 0 Å². The summed E-state index contributed by atoms with van der Waals surface area (Å²) in [7, 11) is 0. The Morgan fingerprint density at radius 2 is 1.15 bits per heavy atom. The van der Waals surface area contributed by atoms with Crippen molar-refractivity contribution in [3.8, 4) is 5.75 Å². The maximum absolute atomic E-state index is 15.2. The second kappa shape index (κ2) is 35.8. The lowest BCUT2D eigenvalue weighted by Crippen LogP contribution is -2.62. The summed E-state index contributed by atoms with van der Waals surface area (Å²) in [5, 5.41) is 40.6. The molecule has 12 amide bonds. The number of benzene rings is 2. The van der Waals surface area contributed by atoms with Crippen LogP contribution >= 0.6 is 25.3 Å². The number of carboxylic acid groups (broad SMARTS) is 1. The van der Waals surface area contributed by atoms with Crippen molar-refractivity contribution in [1.29, 1.82) is 0 Å². The van der Waals surface area contributed by atoms with E-state index in [-0.39, 0.29) is 94.2 Å². The molecule has 2 aromatic carbocycles. The monoisotopic (exact) mass is 1250 g/mol. The van der Waals surface area contributed by atoms with E-state index in [0.29, 0.717) is 36.8 Å². The topological polar surface area (TPSA) is 426 Å². The molecule has 0 aromatic heterocycles. The Morgan fingerprint density at radius 3 is 1.75 bits per heavy atom. The lowest BCUT2D eigenvalue weighted by atomic mass is 9.95. The number of carboxylic acids is 1. The van der Waals surface area contributed by atoms with Crippen molar-refractivity contribution in [2.75, 3.05) is 31.1 Å². The number of carbonyl (C=O) groups is 12. The first-order chi connectivity index (χ1) is 41.3. The van der Waals surface area contributed by atoms with Gasteiger partial charge in [0.05, 0.1) is 6.04 Å². The molecule has 480 valence electrons. The van der Waals surface area contributed by atoms with Crippen molar-refractivity contribution >= 4 is 96.3 Å². The van der Waals surface area contributed by atoms with Gasteiger partial charge in [-0.3, -0.25) is 47.9 Å². The van der Waals surface area contributed by atoms with Gasteiger partial charge >= 0.3 is 12.0 Å². The zero-order valence-electron chi connectivity index (χ0n) is 49.7. The third-order valence-corrected chi connectivity index (χ3v) is 16.0. The SMILES string of the molecule is CC[C@H](C)[C@H](NC(=O)[C@@H]1CCCCN1C(=O)[C@@H]1CCCN1C(=O)[C@H](Cc1ccccc1)NC(=O)[C@H](Cc1ccc(O)cc1)NC(=O)[C@H](CCC(N)=O)NC(=O)[C@H](CCCNC(N)=O)NC(=O)[C@@H](N)CS)C(=O)N[C@@H](CC(C)C)C(=O)N[C@@H](CS)C(=O)O. The number of thiol groups is 2. The number of urea groups is 1. The van der Waals surface area contributed by atoms with Crippen molar-refractivity contribution in [3.05, 3.63) is 65.7 Å². The van der Waals surface area contributed by atoms with Crippen LogP contribution in [0.25, 0.3) is 0 Å². The zero-order chi connectivity index (χ0) is 64.5. The molecule has 0 saturated carbocycles.